The number of ether oxygens (including phenoxy) is 1. The van der Waals surface area contributed by atoms with Gasteiger partial charge in [-0.3, -0.25) is 24.7 Å². The fourth-order valence-corrected chi connectivity index (χ4v) is 3.36. The van der Waals surface area contributed by atoms with E-state index in [0.29, 0.717) is 10.2 Å². The molecule has 0 fully saturated rings. The van der Waals surface area contributed by atoms with Crippen molar-refractivity contribution >= 4 is 39.1 Å². The van der Waals surface area contributed by atoms with Crippen LogP contribution in [-0.4, -0.2) is 37.9 Å². The number of carbonyl (C=O) groups is 2. The predicted octanol–water partition coefficient (Wildman–Crippen LogP) is 1.71. The first kappa shape index (κ1) is 18.3. The summed E-state index contributed by atoms with van der Waals surface area (Å²) in [5.41, 5.74) is 0.479. The average Bonchev–Trinajstić information content (AvgIpc) is 2.99. The normalized spacial score (nSPS) is 11.5. The maximum absolute atomic E-state index is 12.3. The number of benzene rings is 1. The van der Waals surface area contributed by atoms with Gasteiger partial charge in [0.25, 0.3) is 11.6 Å². The molecule has 0 saturated heterocycles. The minimum absolute atomic E-state index is 0.0450. The molecule has 0 spiro atoms. The lowest BCUT2D eigenvalue weighted by Crippen LogP contribution is -2.23. The number of fused-ring (bicyclic) bond motifs is 1. The van der Waals surface area contributed by atoms with Crippen molar-refractivity contribution in [1.29, 1.82) is 0 Å². The van der Waals surface area contributed by atoms with Crippen LogP contribution in [0.5, 0.6) is 0 Å². The first-order chi connectivity index (χ1) is 13.0. The van der Waals surface area contributed by atoms with Crippen LogP contribution in [0.2, 0.25) is 0 Å². The van der Waals surface area contributed by atoms with Gasteiger partial charge < -0.3 is 9.30 Å². The number of carbonyl (C=O) groups excluding carboxylic acids is 2. The third kappa shape index (κ3) is 4.03. The van der Waals surface area contributed by atoms with Crippen LogP contribution in [0.3, 0.4) is 0 Å². The second kappa shape index (κ2) is 7.83. The van der Waals surface area contributed by atoms with E-state index in [1.165, 1.54) is 41.4 Å². The average molecular weight is 387 g/mol. The van der Waals surface area contributed by atoms with Gasteiger partial charge in [-0.2, -0.15) is 4.99 Å². The highest BCUT2D eigenvalue weighted by Gasteiger charge is 2.16. The molecule has 27 heavy (non-hydrogen) atoms. The molecule has 0 atom stereocenters. The first-order valence-electron chi connectivity index (χ1n) is 7.78. The fourth-order valence-electron chi connectivity index (χ4n) is 2.30. The third-order valence-corrected chi connectivity index (χ3v) is 4.49. The topological polar surface area (TPSA) is 130 Å². The molecule has 0 saturated carbocycles. The van der Waals surface area contributed by atoms with Crippen molar-refractivity contribution in [2.75, 3.05) is 6.61 Å². The van der Waals surface area contributed by atoms with Crippen LogP contribution in [0.4, 0.5) is 5.69 Å². The largest absolute Gasteiger partial charge is 0.465 e. The quantitative estimate of drug-likeness (QED) is 0.370. The van der Waals surface area contributed by atoms with Crippen molar-refractivity contribution < 1.29 is 19.2 Å². The number of aromatic nitrogens is 3. The van der Waals surface area contributed by atoms with Crippen molar-refractivity contribution in [2.45, 2.75) is 13.5 Å². The van der Waals surface area contributed by atoms with Crippen molar-refractivity contribution in [3.63, 3.8) is 0 Å². The first-order valence-corrected chi connectivity index (χ1v) is 8.59. The summed E-state index contributed by atoms with van der Waals surface area (Å²) in [6.45, 7) is 1.71. The number of nitro benzene ring substituents is 1. The number of non-ortho nitro benzene ring substituents is 1. The molecule has 2 aromatic heterocycles. The van der Waals surface area contributed by atoms with E-state index in [4.69, 9.17) is 4.74 Å². The Hall–Kier alpha value is -3.47. The lowest BCUT2D eigenvalue weighted by molar-refractivity contribution is -0.384. The van der Waals surface area contributed by atoms with Crippen LogP contribution in [0.15, 0.2) is 41.8 Å². The zero-order valence-electron chi connectivity index (χ0n) is 14.1. The van der Waals surface area contributed by atoms with Gasteiger partial charge in [-0.15, -0.1) is 0 Å². The summed E-state index contributed by atoms with van der Waals surface area (Å²) in [7, 11) is 0. The van der Waals surface area contributed by atoms with E-state index >= 15 is 0 Å². The van der Waals surface area contributed by atoms with Crippen molar-refractivity contribution in [3.05, 3.63) is 57.4 Å². The summed E-state index contributed by atoms with van der Waals surface area (Å²) in [4.78, 5) is 46.7. The molecule has 3 aromatic rings. The van der Waals surface area contributed by atoms with Crippen LogP contribution >= 0.6 is 11.3 Å². The second-order valence-electron chi connectivity index (χ2n) is 5.19. The minimum Gasteiger partial charge on any atom is -0.465 e. The summed E-state index contributed by atoms with van der Waals surface area (Å²) < 4.78 is 6.95. The molecular weight excluding hydrogens is 374 g/mol. The van der Waals surface area contributed by atoms with Crippen LogP contribution in [0.1, 0.15) is 17.4 Å². The number of rotatable bonds is 5. The molecule has 1 aromatic carbocycles. The molecule has 0 aliphatic carbocycles. The number of amides is 1. The third-order valence-electron chi connectivity index (χ3n) is 3.45. The van der Waals surface area contributed by atoms with E-state index in [0.717, 1.165) is 11.3 Å². The van der Waals surface area contributed by atoms with Crippen molar-refractivity contribution in [1.82, 2.24) is 14.5 Å². The van der Waals surface area contributed by atoms with Crippen molar-refractivity contribution in [2.24, 2.45) is 4.99 Å². The summed E-state index contributed by atoms with van der Waals surface area (Å²) in [6.07, 6.45) is 4.07. The van der Waals surface area contributed by atoms with E-state index in [1.54, 1.807) is 6.92 Å². The predicted molar refractivity (Wildman–Crippen MR) is 95.0 cm³/mol. The Morgan fingerprint density at radius 3 is 2.85 bits per heavy atom. The molecule has 3 rings (SSSR count). The highest BCUT2D eigenvalue weighted by molar-refractivity contribution is 7.16. The zero-order valence-corrected chi connectivity index (χ0v) is 14.9. The van der Waals surface area contributed by atoms with E-state index in [2.05, 4.69) is 15.0 Å². The maximum atomic E-state index is 12.3. The Morgan fingerprint density at radius 1 is 1.37 bits per heavy atom. The van der Waals surface area contributed by atoms with Gasteiger partial charge in [-0.1, -0.05) is 11.3 Å². The van der Waals surface area contributed by atoms with Gasteiger partial charge in [0, 0.05) is 24.5 Å². The Balaban J connectivity index is 2.14. The van der Waals surface area contributed by atoms with Crippen molar-refractivity contribution in [3.8, 4) is 0 Å². The van der Waals surface area contributed by atoms with Gasteiger partial charge in [0.05, 0.1) is 27.9 Å². The molecule has 0 aliphatic rings. The second-order valence-corrected chi connectivity index (χ2v) is 6.20. The number of nitrogens with zero attached hydrogens (tertiary/aromatic N) is 5. The Labute approximate surface area is 155 Å². The van der Waals surface area contributed by atoms with E-state index in [9.17, 15) is 19.7 Å². The molecule has 0 N–H and O–H groups in total. The Bertz CT molecular complexity index is 1090. The standard InChI is InChI=1S/C16H13N5O5S/c1-2-26-14(22)9-20-12-4-3-10(21(24)25)7-13(12)27-16(20)19-15(23)11-8-17-5-6-18-11/h3-8H,2,9H2,1H3. The van der Waals surface area contributed by atoms with Crippen LogP contribution in [0, 0.1) is 10.1 Å². The Morgan fingerprint density at radius 2 is 2.19 bits per heavy atom. The molecular formula is C16H13N5O5S. The van der Waals surface area contributed by atoms with Gasteiger partial charge in [-0.05, 0) is 13.0 Å². The van der Waals surface area contributed by atoms with E-state index in [1.807, 2.05) is 0 Å². The fraction of sp³-hybridized carbons (Fsp3) is 0.188. The summed E-state index contributed by atoms with van der Waals surface area (Å²) >= 11 is 1.05. The number of hydrogen-bond acceptors (Lipinski definition) is 8. The molecule has 1 amide bonds. The minimum atomic E-state index is -0.637. The molecule has 2 heterocycles. The smallest absolute Gasteiger partial charge is 0.326 e. The van der Waals surface area contributed by atoms with Gasteiger partial charge in [0.2, 0.25) is 0 Å². The summed E-state index contributed by atoms with van der Waals surface area (Å²) in [6, 6.07) is 4.20. The Kier molecular flexibility index (Phi) is 5.31. The molecule has 11 heteroatoms. The SMILES string of the molecule is CCOC(=O)Cn1c(=NC(=O)c2cnccn2)sc2cc([N+](=O)[O-])ccc21. The van der Waals surface area contributed by atoms with Gasteiger partial charge in [0.1, 0.15) is 12.2 Å². The van der Waals surface area contributed by atoms with Crippen LogP contribution in [0.25, 0.3) is 10.2 Å². The van der Waals surface area contributed by atoms with Gasteiger partial charge >= 0.3 is 5.97 Å². The molecule has 0 radical (unpaired) electrons. The molecule has 0 aliphatic heterocycles. The molecule has 138 valence electrons. The molecule has 0 unspecified atom stereocenters. The van der Waals surface area contributed by atoms with Crippen LogP contribution < -0.4 is 4.80 Å². The van der Waals surface area contributed by atoms with E-state index < -0.39 is 16.8 Å². The zero-order chi connectivity index (χ0) is 19.4. The van der Waals surface area contributed by atoms with Crippen LogP contribution in [-0.2, 0) is 16.1 Å². The maximum Gasteiger partial charge on any atom is 0.326 e. The molecule has 0 bridgehead atoms. The number of nitro groups is 1. The van der Waals surface area contributed by atoms with Gasteiger partial charge in [0.15, 0.2) is 4.80 Å². The van der Waals surface area contributed by atoms with E-state index in [-0.39, 0.29) is 29.3 Å². The highest BCUT2D eigenvalue weighted by atomic mass is 32.1. The summed E-state index contributed by atoms with van der Waals surface area (Å²) in [5.74, 6) is -1.15. The highest BCUT2D eigenvalue weighted by Crippen LogP contribution is 2.23. The number of thiazole rings is 1. The lowest BCUT2D eigenvalue weighted by atomic mass is 10.3. The number of hydrogen-bond donors (Lipinski definition) is 0. The monoisotopic (exact) mass is 387 g/mol. The van der Waals surface area contributed by atoms with Gasteiger partial charge in [-0.25, -0.2) is 4.98 Å². The number of esters is 1. The molecule has 10 nitrogen and oxygen atoms in total. The summed E-state index contributed by atoms with van der Waals surface area (Å²) in [5, 5.41) is 11.0. The lowest BCUT2D eigenvalue weighted by Gasteiger charge is -2.05.